The Kier molecular flexibility index (Phi) is 3.75. The first-order chi connectivity index (χ1) is 11.8. The molecule has 0 N–H and O–H groups in total. The number of aryl methyl sites for hydroxylation is 1. The molecule has 0 amide bonds. The van der Waals surface area contributed by atoms with Gasteiger partial charge in [0.15, 0.2) is 12.4 Å². The van der Waals surface area contributed by atoms with E-state index in [-0.39, 0.29) is 0 Å². The second-order valence-electron chi connectivity index (χ2n) is 5.69. The Morgan fingerprint density at radius 2 is 1.62 bits per heavy atom. The third kappa shape index (κ3) is 2.88. The molecule has 1 aromatic heterocycles. The van der Waals surface area contributed by atoms with Crippen molar-refractivity contribution < 1.29 is 9.15 Å². The monoisotopic (exact) mass is 315 g/mol. The van der Waals surface area contributed by atoms with E-state index < -0.39 is 0 Å². The van der Waals surface area contributed by atoms with Crippen molar-refractivity contribution in [3.63, 3.8) is 0 Å². The maximum atomic E-state index is 5.87. The molecule has 0 radical (unpaired) electrons. The molecule has 4 rings (SSSR count). The van der Waals surface area contributed by atoms with Gasteiger partial charge >= 0.3 is 0 Å². The SMILES string of the molecule is Cc1nc(COc2ccc3ccccc3c2)oc1-c1ccccc1. The van der Waals surface area contributed by atoms with Gasteiger partial charge in [-0.15, -0.1) is 0 Å². The number of fused-ring (bicyclic) bond motifs is 1. The average Bonchev–Trinajstić information content (AvgIpc) is 3.01. The fourth-order valence-electron chi connectivity index (χ4n) is 2.77. The highest BCUT2D eigenvalue weighted by molar-refractivity contribution is 5.83. The summed E-state index contributed by atoms with van der Waals surface area (Å²) in [6.07, 6.45) is 0. The summed E-state index contributed by atoms with van der Waals surface area (Å²) in [5.74, 6) is 2.19. The van der Waals surface area contributed by atoms with Crippen molar-refractivity contribution in [1.29, 1.82) is 0 Å². The molecule has 3 heteroatoms. The summed E-state index contributed by atoms with van der Waals surface area (Å²) in [6.45, 7) is 2.26. The molecule has 4 aromatic rings. The van der Waals surface area contributed by atoms with Gasteiger partial charge in [-0.1, -0.05) is 60.7 Å². The fraction of sp³-hybridized carbons (Fsp3) is 0.0952. The Morgan fingerprint density at radius 3 is 2.46 bits per heavy atom. The van der Waals surface area contributed by atoms with Gasteiger partial charge in [-0.25, -0.2) is 4.98 Å². The zero-order valence-electron chi connectivity index (χ0n) is 13.4. The Hall–Kier alpha value is -3.07. The zero-order chi connectivity index (χ0) is 16.4. The first-order valence-electron chi connectivity index (χ1n) is 7.93. The van der Waals surface area contributed by atoms with Crippen LogP contribution in [-0.4, -0.2) is 4.98 Å². The van der Waals surface area contributed by atoms with E-state index in [0.29, 0.717) is 12.5 Å². The van der Waals surface area contributed by atoms with Gasteiger partial charge in [0, 0.05) is 5.56 Å². The van der Waals surface area contributed by atoms with E-state index in [4.69, 9.17) is 9.15 Å². The van der Waals surface area contributed by atoms with Crippen LogP contribution in [0.15, 0.2) is 77.2 Å². The van der Waals surface area contributed by atoms with Crippen molar-refractivity contribution >= 4 is 10.8 Å². The highest BCUT2D eigenvalue weighted by atomic mass is 16.5. The zero-order valence-corrected chi connectivity index (χ0v) is 13.4. The van der Waals surface area contributed by atoms with Crippen LogP contribution in [0.5, 0.6) is 5.75 Å². The number of hydrogen-bond acceptors (Lipinski definition) is 3. The highest BCUT2D eigenvalue weighted by Crippen LogP contribution is 2.25. The minimum atomic E-state index is 0.312. The molecule has 0 aliphatic carbocycles. The Labute approximate surface area is 140 Å². The van der Waals surface area contributed by atoms with E-state index in [2.05, 4.69) is 23.2 Å². The molecule has 24 heavy (non-hydrogen) atoms. The quantitative estimate of drug-likeness (QED) is 0.507. The Balaban J connectivity index is 1.53. The van der Waals surface area contributed by atoms with Crippen molar-refractivity contribution in [1.82, 2.24) is 4.98 Å². The molecule has 0 saturated carbocycles. The summed E-state index contributed by atoms with van der Waals surface area (Å²) >= 11 is 0. The molecule has 3 aromatic carbocycles. The van der Waals surface area contributed by atoms with Crippen molar-refractivity contribution in [3.05, 3.63) is 84.4 Å². The molecule has 0 saturated heterocycles. The van der Waals surface area contributed by atoms with Crippen molar-refractivity contribution in [2.75, 3.05) is 0 Å². The van der Waals surface area contributed by atoms with Crippen molar-refractivity contribution in [3.8, 4) is 17.1 Å². The van der Waals surface area contributed by atoms with E-state index in [1.165, 1.54) is 5.39 Å². The van der Waals surface area contributed by atoms with Crippen LogP contribution in [0.25, 0.3) is 22.1 Å². The molecule has 0 bridgehead atoms. The predicted octanol–water partition coefficient (Wildman–Crippen LogP) is 5.38. The van der Waals surface area contributed by atoms with Crippen LogP contribution in [0.4, 0.5) is 0 Å². The summed E-state index contributed by atoms with van der Waals surface area (Å²) in [7, 11) is 0. The minimum Gasteiger partial charge on any atom is -0.484 e. The number of aromatic nitrogens is 1. The summed E-state index contributed by atoms with van der Waals surface area (Å²) in [4.78, 5) is 4.47. The maximum absolute atomic E-state index is 5.87. The van der Waals surface area contributed by atoms with E-state index in [0.717, 1.165) is 28.2 Å². The van der Waals surface area contributed by atoms with Crippen LogP contribution in [0, 0.1) is 6.92 Å². The predicted molar refractivity (Wildman–Crippen MR) is 95.0 cm³/mol. The number of ether oxygens (including phenoxy) is 1. The van der Waals surface area contributed by atoms with Gasteiger partial charge in [0.2, 0.25) is 5.89 Å². The molecule has 3 nitrogen and oxygen atoms in total. The second kappa shape index (κ2) is 6.20. The second-order valence-corrected chi connectivity index (χ2v) is 5.69. The lowest BCUT2D eigenvalue weighted by atomic mass is 10.1. The molecule has 0 fully saturated rings. The maximum Gasteiger partial charge on any atom is 0.233 e. The molecule has 0 aliphatic rings. The lowest BCUT2D eigenvalue weighted by molar-refractivity contribution is 0.265. The summed E-state index contributed by atoms with van der Waals surface area (Å²) < 4.78 is 11.7. The molecular formula is C21H17NO2. The number of nitrogens with zero attached hydrogens (tertiary/aromatic N) is 1. The van der Waals surface area contributed by atoms with Crippen LogP contribution in [0.1, 0.15) is 11.6 Å². The van der Waals surface area contributed by atoms with Crippen molar-refractivity contribution in [2.45, 2.75) is 13.5 Å². The van der Waals surface area contributed by atoms with E-state index in [1.54, 1.807) is 0 Å². The first kappa shape index (κ1) is 14.5. The summed E-state index contributed by atoms with van der Waals surface area (Å²) in [5, 5.41) is 2.35. The lowest BCUT2D eigenvalue weighted by Gasteiger charge is -2.05. The van der Waals surface area contributed by atoms with Crippen LogP contribution < -0.4 is 4.74 Å². The number of hydrogen-bond donors (Lipinski definition) is 0. The van der Waals surface area contributed by atoms with Crippen LogP contribution in [0.2, 0.25) is 0 Å². The van der Waals surface area contributed by atoms with E-state index in [9.17, 15) is 0 Å². The van der Waals surface area contributed by atoms with Gasteiger partial charge < -0.3 is 9.15 Å². The normalized spacial score (nSPS) is 10.9. The van der Waals surface area contributed by atoms with Crippen LogP contribution >= 0.6 is 0 Å². The number of oxazole rings is 1. The smallest absolute Gasteiger partial charge is 0.233 e. The van der Waals surface area contributed by atoms with Gasteiger partial charge in [-0.2, -0.15) is 0 Å². The standard InChI is InChI=1S/C21H17NO2/c1-15-21(17-8-3-2-4-9-17)24-20(22-15)14-23-19-12-11-16-7-5-6-10-18(16)13-19/h2-13H,14H2,1H3. The lowest BCUT2D eigenvalue weighted by Crippen LogP contribution is -1.95. The third-order valence-corrected chi connectivity index (χ3v) is 3.96. The Morgan fingerprint density at radius 1 is 0.875 bits per heavy atom. The van der Waals surface area contributed by atoms with Gasteiger partial charge in [0.05, 0.1) is 5.69 Å². The molecule has 0 unspecified atom stereocenters. The first-order valence-corrected chi connectivity index (χ1v) is 7.93. The molecule has 0 atom stereocenters. The topological polar surface area (TPSA) is 35.3 Å². The third-order valence-electron chi connectivity index (χ3n) is 3.96. The molecule has 1 heterocycles. The largest absolute Gasteiger partial charge is 0.484 e. The van der Waals surface area contributed by atoms with Gasteiger partial charge in [-0.05, 0) is 29.8 Å². The van der Waals surface area contributed by atoms with Gasteiger partial charge in [-0.3, -0.25) is 0 Å². The molecular weight excluding hydrogens is 298 g/mol. The number of rotatable bonds is 4. The van der Waals surface area contributed by atoms with E-state index in [1.807, 2.05) is 61.5 Å². The number of benzene rings is 3. The van der Waals surface area contributed by atoms with E-state index >= 15 is 0 Å². The minimum absolute atomic E-state index is 0.312. The molecule has 0 aliphatic heterocycles. The summed E-state index contributed by atoms with van der Waals surface area (Å²) in [6, 6.07) is 24.3. The fourth-order valence-corrected chi connectivity index (χ4v) is 2.77. The summed E-state index contributed by atoms with van der Waals surface area (Å²) in [5.41, 5.74) is 1.90. The highest BCUT2D eigenvalue weighted by Gasteiger charge is 2.12. The van der Waals surface area contributed by atoms with Crippen LogP contribution in [-0.2, 0) is 6.61 Å². The van der Waals surface area contributed by atoms with Crippen LogP contribution in [0.3, 0.4) is 0 Å². The van der Waals surface area contributed by atoms with Gasteiger partial charge in [0.25, 0.3) is 0 Å². The molecule has 118 valence electrons. The Bertz CT molecular complexity index is 973. The average molecular weight is 315 g/mol. The van der Waals surface area contributed by atoms with Crippen molar-refractivity contribution in [2.24, 2.45) is 0 Å². The molecule has 0 spiro atoms. The van der Waals surface area contributed by atoms with Gasteiger partial charge in [0.1, 0.15) is 5.75 Å².